The number of ether oxygens (including phenoxy) is 1. The van der Waals surface area contributed by atoms with E-state index in [2.05, 4.69) is 4.98 Å². The summed E-state index contributed by atoms with van der Waals surface area (Å²) in [5.74, 6) is 0.469. The molecule has 0 amide bonds. The minimum absolute atomic E-state index is 0.132. The van der Waals surface area contributed by atoms with E-state index in [4.69, 9.17) is 4.74 Å². The smallest absolute Gasteiger partial charge is 0.184 e. The van der Waals surface area contributed by atoms with Crippen molar-refractivity contribution in [2.24, 2.45) is 0 Å². The molecule has 0 saturated carbocycles. The van der Waals surface area contributed by atoms with Gasteiger partial charge in [-0.2, -0.15) is 0 Å². The van der Waals surface area contributed by atoms with Crippen molar-refractivity contribution in [3.05, 3.63) is 53.9 Å². The Labute approximate surface area is 113 Å². The number of pyridine rings is 1. The Morgan fingerprint density at radius 3 is 2.47 bits per heavy atom. The molecule has 1 heterocycles. The third kappa shape index (κ3) is 3.32. The average molecular weight is 277 g/mol. The second kappa shape index (κ2) is 5.40. The first-order valence-corrected chi connectivity index (χ1v) is 7.45. The minimum atomic E-state index is -3.37. The summed E-state index contributed by atoms with van der Waals surface area (Å²) in [6.45, 7) is 1.92. The summed E-state index contributed by atoms with van der Waals surface area (Å²) in [6.07, 6.45) is 1.54. The standard InChI is InChI=1S/C14H15NO3S/c1-11-3-5-14(6-4-11)19(16,17)10-12-9-13(18-2)7-8-15-12/h3-9H,10H2,1-2H3. The maximum Gasteiger partial charge on any atom is 0.184 e. The lowest BCUT2D eigenvalue weighted by atomic mass is 10.2. The van der Waals surface area contributed by atoms with Gasteiger partial charge in [-0.3, -0.25) is 4.98 Å². The fourth-order valence-electron chi connectivity index (χ4n) is 1.69. The summed E-state index contributed by atoms with van der Waals surface area (Å²) in [7, 11) is -1.84. The van der Waals surface area contributed by atoms with Crippen LogP contribution in [0.3, 0.4) is 0 Å². The quantitative estimate of drug-likeness (QED) is 0.861. The maximum atomic E-state index is 12.2. The molecule has 0 saturated heterocycles. The van der Waals surface area contributed by atoms with Crippen molar-refractivity contribution in [1.82, 2.24) is 4.98 Å². The minimum Gasteiger partial charge on any atom is -0.497 e. The number of hydrogen-bond acceptors (Lipinski definition) is 4. The molecule has 100 valence electrons. The van der Waals surface area contributed by atoms with E-state index in [9.17, 15) is 8.42 Å². The predicted octanol–water partition coefficient (Wildman–Crippen LogP) is 2.37. The van der Waals surface area contributed by atoms with Gasteiger partial charge in [-0.05, 0) is 25.1 Å². The van der Waals surface area contributed by atoms with Gasteiger partial charge in [0.1, 0.15) is 5.75 Å². The van der Waals surface area contributed by atoms with Crippen LogP contribution in [-0.4, -0.2) is 20.5 Å². The van der Waals surface area contributed by atoms with E-state index in [1.807, 2.05) is 6.92 Å². The summed E-state index contributed by atoms with van der Waals surface area (Å²) in [5.41, 5.74) is 1.50. The number of rotatable bonds is 4. The Morgan fingerprint density at radius 2 is 1.84 bits per heavy atom. The van der Waals surface area contributed by atoms with E-state index >= 15 is 0 Å². The molecule has 0 aliphatic rings. The molecule has 4 nitrogen and oxygen atoms in total. The van der Waals surface area contributed by atoms with Crippen molar-refractivity contribution in [3.8, 4) is 5.75 Å². The van der Waals surface area contributed by atoms with Gasteiger partial charge in [-0.1, -0.05) is 17.7 Å². The van der Waals surface area contributed by atoms with Crippen LogP contribution in [0.5, 0.6) is 5.75 Å². The molecule has 5 heteroatoms. The fourth-order valence-corrected chi connectivity index (χ4v) is 2.95. The van der Waals surface area contributed by atoms with Gasteiger partial charge >= 0.3 is 0 Å². The zero-order valence-corrected chi connectivity index (χ0v) is 11.6. The Balaban J connectivity index is 2.28. The molecule has 0 spiro atoms. The number of sulfone groups is 1. The van der Waals surface area contributed by atoms with Gasteiger partial charge in [-0.15, -0.1) is 0 Å². The molecule has 0 aliphatic carbocycles. The number of nitrogens with zero attached hydrogens (tertiary/aromatic N) is 1. The Hall–Kier alpha value is -1.88. The number of hydrogen-bond donors (Lipinski definition) is 0. The topological polar surface area (TPSA) is 56.3 Å². The third-order valence-corrected chi connectivity index (χ3v) is 4.41. The number of aryl methyl sites for hydroxylation is 1. The van der Waals surface area contributed by atoms with E-state index in [0.717, 1.165) is 5.56 Å². The van der Waals surface area contributed by atoms with Crippen LogP contribution >= 0.6 is 0 Å². The Morgan fingerprint density at radius 1 is 1.16 bits per heavy atom. The molecular weight excluding hydrogens is 262 g/mol. The first kappa shape index (κ1) is 13.5. The zero-order chi connectivity index (χ0) is 13.9. The van der Waals surface area contributed by atoms with E-state index < -0.39 is 9.84 Å². The molecule has 0 fully saturated rings. The summed E-state index contributed by atoms with van der Waals surface area (Å²) in [5, 5.41) is 0. The van der Waals surface area contributed by atoms with Gasteiger partial charge in [0.25, 0.3) is 0 Å². The summed E-state index contributed by atoms with van der Waals surface area (Å²) in [4.78, 5) is 4.36. The molecule has 0 radical (unpaired) electrons. The molecule has 2 rings (SSSR count). The van der Waals surface area contributed by atoms with Crippen LogP contribution in [-0.2, 0) is 15.6 Å². The molecule has 0 unspecified atom stereocenters. The molecule has 19 heavy (non-hydrogen) atoms. The predicted molar refractivity (Wildman–Crippen MR) is 72.9 cm³/mol. The highest BCUT2D eigenvalue weighted by Crippen LogP contribution is 2.18. The van der Waals surface area contributed by atoms with Crippen molar-refractivity contribution in [3.63, 3.8) is 0 Å². The van der Waals surface area contributed by atoms with E-state index in [1.165, 1.54) is 7.11 Å². The van der Waals surface area contributed by atoms with Crippen LogP contribution in [0.2, 0.25) is 0 Å². The van der Waals surface area contributed by atoms with Crippen molar-refractivity contribution >= 4 is 9.84 Å². The number of aromatic nitrogens is 1. The van der Waals surface area contributed by atoms with Crippen LogP contribution in [0.4, 0.5) is 0 Å². The maximum absolute atomic E-state index is 12.2. The molecule has 2 aromatic rings. The normalized spacial score (nSPS) is 11.3. The lowest BCUT2D eigenvalue weighted by molar-refractivity contribution is 0.413. The van der Waals surface area contributed by atoms with Crippen LogP contribution in [0.1, 0.15) is 11.3 Å². The van der Waals surface area contributed by atoms with Crippen LogP contribution in [0.15, 0.2) is 47.5 Å². The van der Waals surface area contributed by atoms with E-state index in [0.29, 0.717) is 16.3 Å². The molecule has 0 bridgehead atoms. The molecule has 0 atom stereocenters. The highest BCUT2D eigenvalue weighted by Gasteiger charge is 2.16. The van der Waals surface area contributed by atoms with Gasteiger partial charge in [0.05, 0.1) is 23.5 Å². The molecule has 1 aromatic carbocycles. The van der Waals surface area contributed by atoms with Crippen molar-refractivity contribution < 1.29 is 13.2 Å². The SMILES string of the molecule is COc1ccnc(CS(=O)(=O)c2ccc(C)cc2)c1. The Kier molecular flexibility index (Phi) is 3.85. The van der Waals surface area contributed by atoms with Gasteiger partial charge < -0.3 is 4.74 Å². The van der Waals surface area contributed by atoms with Crippen LogP contribution in [0, 0.1) is 6.92 Å². The van der Waals surface area contributed by atoms with E-state index in [1.54, 1.807) is 42.6 Å². The molecule has 0 N–H and O–H groups in total. The highest BCUT2D eigenvalue weighted by atomic mass is 32.2. The van der Waals surface area contributed by atoms with Gasteiger partial charge in [0.15, 0.2) is 9.84 Å². The third-order valence-electron chi connectivity index (χ3n) is 2.74. The van der Waals surface area contributed by atoms with Crippen molar-refractivity contribution in [2.75, 3.05) is 7.11 Å². The molecule has 0 aliphatic heterocycles. The van der Waals surface area contributed by atoms with Gasteiger partial charge in [-0.25, -0.2) is 8.42 Å². The number of methoxy groups -OCH3 is 1. The number of benzene rings is 1. The summed E-state index contributed by atoms with van der Waals surface area (Å²) in [6, 6.07) is 10.1. The first-order chi connectivity index (χ1) is 9.01. The summed E-state index contributed by atoms with van der Waals surface area (Å²) >= 11 is 0. The van der Waals surface area contributed by atoms with Crippen LogP contribution < -0.4 is 4.74 Å². The van der Waals surface area contributed by atoms with E-state index in [-0.39, 0.29) is 5.75 Å². The molecule has 1 aromatic heterocycles. The fraction of sp³-hybridized carbons (Fsp3) is 0.214. The van der Waals surface area contributed by atoms with Gasteiger partial charge in [0, 0.05) is 12.3 Å². The monoisotopic (exact) mass is 277 g/mol. The van der Waals surface area contributed by atoms with Crippen LogP contribution in [0.25, 0.3) is 0 Å². The zero-order valence-electron chi connectivity index (χ0n) is 10.8. The summed E-state index contributed by atoms with van der Waals surface area (Å²) < 4.78 is 29.5. The highest BCUT2D eigenvalue weighted by molar-refractivity contribution is 7.90. The van der Waals surface area contributed by atoms with Crippen molar-refractivity contribution in [2.45, 2.75) is 17.6 Å². The second-order valence-electron chi connectivity index (χ2n) is 4.26. The lowest BCUT2D eigenvalue weighted by Gasteiger charge is -2.06. The van der Waals surface area contributed by atoms with Crippen molar-refractivity contribution in [1.29, 1.82) is 0 Å². The first-order valence-electron chi connectivity index (χ1n) is 5.79. The molecular formula is C14H15NO3S. The lowest BCUT2D eigenvalue weighted by Crippen LogP contribution is -2.06. The largest absolute Gasteiger partial charge is 0.497 e. The average Bonchev–Trinajstić information content (AvgIpc) is 2.39. The second-order valence-corrected chi connectivity index (χ2v) is 6.25. The van der Waals surface area contributed by atoms with Gasteiger partial charge in [0.2, 0.25) is 0 Å². The Bertz CT molecular complexity index is 663.